The highest BCUT2D eigenvalue weighted by Crippen LogP contribution is 2.27. The second kappa shape index (κ2) is 6.20. The minimum absolute atomic E-state index is 0.716. The third-order valence-corrected chi connectivity index (χ3v) is 4.78. The van der Waals surface area contributed by atoms with E-state index < -0.39 is 0 Å². The van der Waals surface area contributed by atoms with Crippen LogP contribution in [0, 0.1) is 0 Å². The van der Waals surface area contributed by atoms with E-state index in [0.717, 1.165) is 51.3 Å². The first-order chi connectivity index (χ1) is 11.3. The fourth-order valence-corrected chi connectivity index (χ4v) is 3.45. The Morgan fingerprint density at radius 3 is 2.87 bits per heavy atom. The predicted octanol–water partition coefficient (Wildman–Crippen LogP) is 2.63. The quantitative estimate of drug-likeness (QED) is 0.873. The monoisotopic (exact) mass is 310 g/mol. The van der Waals surface area contributed by atoms with Gasteiger partial charge in [0.25, 0.3) is 0 Å². The molecule has 0 aliphatic carbocycles. The molecule has 120 valence electrons. The van der Waals surface area contributed by atoms with Crippen molar-refractivity contribution >= 4 is 0 Å². The number of hydrogen-bond donors (Lipinski definition) is 0. The second-order valence-electron chi connectivity index (χ2n) is 6.28. The van der Waals surface area contributed by atoms with Gasteiger partial charge < -0.3 is 9.47 Å². The lowest BCUT2D eigenvalue weighted by Gasteiger charge is -2.20. The smallest absolute Gasteiger partial charge is 0.213 e. The van der Waals surface area contributed by atoms with E-state index in [1.807, 2.05) is 6.07 Å². The number of pyridine rings is 1. The van der Waals surface area contributed by atoms with Gasteiger partial charge in [-0.2, -0.15) is 0 Å². The first-order valence-electron chi connectivity index (χ1n) is 8.31. The molecule has 23 heavy (non-hydrogen) atoms. The van der Waals surface area contributed by atoms with E-state index in [4.69, 9.17) is 9.47 Å². The lowest BCUT2D eigenvalue weighted by atomic mass is 10.1. The van der Waals surface area contributed by atoms with E-state index in [0.29, 0.717) is 5.88 Å². The summed E-state index contributed by atoms with van der Waals surface area (Å²) in [5.41, 5.74) is 5.21. The molecule has 0 saturated carbocycles. The van der Waals surface area contributed by atoms with Gasteiger partial charge in [0.05, 0.1) is 13.7 Å². The maximum atomic E-state index is 5.69. The van der Waals surface area contributed by atoms with Crippen molar-refractivity contribution < 1.29 is 9.47 Å². The summed E-state index contributed by atoms with van der Waals surface area (Å²) in [6, 6.07) is 10.8. The van der Waals surface area contributed by atoms with Crippen molar-refractivity contribution in [2.45, 2.75) is 25.8 Å². The van der Waals surface area contributed by atoms with Gasteiger partial charge in [-0.1, -0.05) is 18.2 Å². The molecule has 0 N–H and O–H groups in total. The Bertz CT molecular complexity index is 715. The Morgan fingerprint density at radius 2 is 1.96 bits per heavy atom. The number of hydrogen-bond acceptors (Lipinski definition) is 4. The predicted molar refractivity (Wildman–Crippen MR) is 89.1 cm³/mol. The molecule has 4 nitrogen and oxygen atoms in total. The van der Waals surface area contributed by atoms with Crippen molar-refractivity contribution in [3.8, 4) is 11.6 Å². The van der Waals surface area contributed by atoms with E-state index in [9.17, 15) is 0 Å². The van der Waals surface area contributed by atoms with Crippen LogP contribution in [-0.2, 0) is 25.8 Å². The van der Waals surface area contributed by atoms with Crippen LogP contribution in [0.25, 0.3) is 0 Å². The number of methoxy groups -OCH3 is 1. The zero-order valence-electron chi connectivity index (χ0n) is 13.5. The Labute approximate surface area is 137 Å². The standard InChI is InChI=1S/C19H22N2O2/c1-22-19-5-4-15-6-9-21(10-7-17(15)20-19)13-14-2-3-16-8-11-23-18(16)12-14/h2-5,12H,6-11,13H2,1H3. The fraction of sp³-hybridized carbons (Fsp3) is 0.421. The van der Waals surface area contributed by atoms with Crippen molar-refractivity contribution in [3.05, 3.63) is 52.7 Å². The van der Waals surface area contributed by atoms with E-state index in [-0.39, 0.29) is 0 Å². The average Bonchev–Trinajstić information content (AvgIpc) is 2.96. The van der Waals surface area contributed by atoms with E-state index in [1.165, 1.54) is 22.4 Å². The molecule has 2 aliphatic heterocycles. The SMILES string of the molecule is COc1ccc2c(n1)CCN(Cc1ccc3c(c1)OCC3)CC2. The Morgan fingerprint density at radius 1 is 1.09 bits per heavy atom. The van der Waals surface area contributed by atoms with E-state index in [1.54, 1.807) is 7.11 Å². The van der Waals surface area contributed by atoms with Gasteiger partial charge in [0.15, 0.2) is 0 Å². The highest BCUT2D eigenvalue weighted by atomic mass is 16.5. The summed E-state index contributed by atoms with van der Waals surface area (Å²) in [6.07, 6.45) is 3.07. The van der Waals surface area contributed by atoms with Gasteiger partial charge in [-0.3, -0.25) is 4.90 Å². The van der Waals surface area contributed by atoms with Crippen LogP contribution in [0.4, 0.5) is 0 Å². The fourth-order valence-electron chi connectivity index (χ4n) is 3.45. The maximum Gasteiger partial charge on any atom is 0.213 e. The largest absolute Gasteiger partial charge is 0.493 e. The van der Waals surface area contributed by atoms with Crippen molar-refractivity contribution in [1.29, 1.82) is 0 Å². The highest BCUT2D eigenvalue weighted by Gasteiger charge is 2.17. The van der Waals surface area contributed by atoms with E-state index in [2.05, 4.69) is 34.1 Å². The number of ether oxygens (including phenoxy) is 2. The summed E-state index contributed by atoms with van der Waals surface area (Å²) >= 11 is 0. The first kappa shape index (κ1) is 14.5. The number of nitrogens with zero attached hydrogens (tertiary/aromatic N) is 2. The van der Waals surface area contributed by atoms with Crippen molar-refractivity contribution in [1.82, 2.24) is 9.88 Å². The summed E-state index contributed by atoms with van der Waals surface area (Å²) in [5.74, 6) is 1.79. The summed E-state index contributed by atoms with van der Waals surface area (Å²) in [4.78, 5) is 7.12. The minimum Gasteiger partial charge on any atom is -0.493 e. The van der Waals surface area contributed by atoms with Crippen LogP contribution in [0.2, 0.25) is 0 Å². The molecule has 0 unspecified atom stereocenters. The number of benzene rings is 1. The van der Waals surface area contributed by atoms with Gasteiger partial charge in [0, 0.05) is 44.2 Å². The summed E-state index contributed by atoms with van der Waals surface area (Å²) in [5, 5.41) is 0. The molecule has 2 aromatic rings. The van der Waals surface area contributed by atoms with E-state index >= 15 is 0 Å². The van der Waals surface area contributed by atoms with Crippen molar-refractivity contribution in [3.63, 3.8) is 0 Å². The molecular formula is C19H22N2O2. The third kappa shape index (κ3) is 3.04. The Kier molecular flexibility index (Phi) is 3.92. The van der Waals surface area contributed by atoms with Gasteiger partial charge in [-0.15, -0.1) is 0 Å². The molecule has 2 aliphatic rings. The number of fused-ring (bicyclic) bond motifs is 2. The second-order valence-corrected chi connectivity index (χ2v) is 6.28. The van der Waals surface area contributed by atoms with Crippen molar-refractivity contribution in [2.24, 2.45) is 0 Å². The zero-order chi connectivity index (χ0) is 15.6. The topological polar surface area (TPSA) is 34.6 Å². The molecule has 1 aromatic heterocycles. The molecule has 3 heterocycles. The van der Waals surface area contributed by atoms with Crippen LogP contribution in [0.3, 0.4) is 0 Å². The summed E-state index contributed by atoms with van der Waals surface area (Å²) < 4.78 is 10.9. The molecule has 0 bridgehead atoms. The van der Waals surface area contributed by atoms with Crippen LogP contribution in [0.1, 0.15) is 22.4 Å². The number of rotatable bonds is 3. The lowest BCUT2D eigenvalue weighted by molar-refractivity contribution is 0.278. The molecule has 4 rings (SSSR count). The molecule has 0 saturated heterocycles. The molecule has 4 heteroatoms. The van der Waals surface area contributed by atoms with Gasteiger partial charge >= 0.3 is 0 Å². The molecule has 0 fully saturated rings. The highest BCUT2D eigenvalue weighted by molar-refractivity contribution is 5.40. The van der Waals surface area contributed by atoms with Gasteiger partial charge in [0.2, 0.25) is 5.88 Å². The lowest BCUT2D eigenvalue weighted by Crippen LogP contribution is -2.25. The normalized spacial score (nSPS) is 17.1. The average molecular weight is 310 g/mol. The van der Waals surface area contributed by atoms with Gasteiger partial charge in [-0.25, -0.2) is 4.98 Å². The minimum atomic E-state index is 0.716. The summed E-state index contributed by atoms with van der Waals surface area (Å²) in [7, 11) is 1.67. The molecule has 0 amide bonds. The number of aromatic nitrogens is 1. The van der Waals surface area contributed by atoms with Crippen molar-refractivity contribution in [2.75, 3.05) is 26.8 Å². The van der Waals surface area contributed by atoms with Gasteiger partial charge in [0.1, 0.15) is 5.75 Å². The maximum absolute atomic E-state index is 5.69. The molecule has 0 radical (unpaired) electrons. The molecule has 1 aromatic carbocycles. The third-order valence-electron chi connectivity index (χ3n) is 4.78. The van der Waals surface area contributed by atoms with Crippen LogP contribution >= 0.6 is 0 Å². The zero-order valence-corrected chi connectivity index (χ0v) is 13.5. The van der Waals surface area contributed by atoms with Crippen LogP contribution in [0.15, 0.2) is 30.3 Å². The van der Waals surface area contributed by atoms with Gasteiger partial charge in [-0.05, 0) is 29.2 Å². The Hall–Kier alpha value is -2.07. The summed E-state index contributed by atoms with van der Waals surface area (Å²) in [6.45, 7) is 3.90. The Balaban J connectivity index is 1.45. The molecule has 0 atom stereocenters. The van der Waals surface area contributed by atoms with Crippen LogP contribution in [0.5, 0.6) is 11.6 Å². The van der Waals surface area contributed by atoms with Crippen LogP contribution in [-0.4, -0.2) is 36.7 Å². The molecular weight excluding hydrogens is 288 g/mol. The first-order valence-corrected chi connectivity index (χ1v) is 8.31. The van der Waals surface area contributed by atoms with Crippen LogP contribution < -0.4 is 9.47 Å². The molecule has 0 spiro atoms.